The molecule has 6 heteroatoms. The third-order valence-electron chi connectivity index (χ3n) is 13.0. The van der Waals surface area contributed by atoms with Gasteiger partial charge in [0.05, 0.1) is 0 Å². The van der Waals surface area contributed by atoms with Crippen molar-refractivity contribution in [3.63, 3.8) is 0 Å². The first-order valence-electron chi connectivity index (χ1n) is 27.6. The summed E-state index contributed by atoms with van der Waals surface area (Å²) in [5, 5.41) is 0. The number of rotatable bonds is 49. The monoisotopic (exact) mass is 877 g/mol. The van der Waals surface area contributed by atoms with Gasteiger partial charge < -0.3 is 14.2 Å². The van der Waals surface area contributed by atoms with Crippen LogP contribution in [0.25, 0.3) is 0 Å². The Balaban J connectivity index is 4.19. The lowest BCUT2D eigenvalue weighted by Crippen LogP contribution is -2.30. The van der Waals surface area contributed by atoms with Gasteiger partial charge in [0.2, 0.25) is 0 Å². The highest BCUT2D eigenvalue weighted by atomic mass is 16.6. The van der Waals surface area contributed by atoms with Gasteiger partial charge in [-0.1, -0.05) is 266 Å². The van der Waals surface area contributed by atoms with Crippen molar-refractivity contribution >= 4 is 17.9 Å². The summed E-state index contributed by atoms with van der Waals surface area (Å²) >= 11 is 0. The lowest BCUT2D eigenvalue weighted by molar-refractivity contribution is -0.167. The molecule has 0 aromatic rings. The molecule has 0 radical (unpaired) electrons. The summed E-state index contributed by atoms with van der Waals surface area (Å²) in [5.41, 5.74) is 0. The summed E-state index contributed by atoms with van der Waals surface area (Å²) < 4.78 is 16.8. The second kappa shape index (κ2) is 47.4. The predicted octanol–water partition coefficient (Wildman–Crippen LogP) is 17.9. The quantitative estimate of drug-likeness (QED) is 0.0344. The molecule has 0 aliphatic rings. The molecule has 0 saturated heterocycles. The Morgan fingerprint density at radius 1 is 0.323 bits per heavy atom. The molecule has 0 heterocycles. The summed E-state index contributed by atoms with van der Waals surface area (Å²) in [4.78, 5) is 37.9. The number of unbranched alkanes of at least 4 members (excludes halogenated alkanes) is 31. The van der Waals surface area contributed by atoms with Crippen molar-refractivity contribution in [1.82, 2.24) is 0 Å². The summed E-state index contributed by atoms with van der Waals surface area (Å²) in [5.74, 6) is 1.64. The van der Waals surface area contributed by atoms with E-state index in [0.29, 0.717) is 19.3 Å². The SMILES string of the molecule is CCC(C)CCCCCCCCCCCCCCCCCCCCC(=O)O[C@H](COC(=O)CCCCCCCCCCCCC(C)C)COC(=O)CCCCCCCCC(C)C. The molecular formula is C56H108O6. The summed E-state index contributed by atoms with van der Waals surface area (Å²) in [6.45, 7) is 13.7. The molecule has 0 N–H and O–H groups in total. The van der Waals surface area contributed by atoms with Gasteiger partial charge in [0.25, 0.3) is 0 Å². The maximum atomic E-state index is 12.8. The van der Waals surface area contributed by atoms with Gasteiger partial charge in [0.15, 0.2) is 6.10 Å². The normalized spacial score (nSPS) is 12.6. The van der Waals surface area contributed by atoms with Crippen LogP contribution in [-0.4, -0.2) is 37.2 Å². The van der Waals surface area contributed by atoms with Crippen molar-refractivity contribution in [1.29, 1.82) is 0 Å². The van der Waals surface area contributed by atoms with Crippen LogP contribution >= 0.6 is 0 Å². The van der Waals surface area contributed by atoms with E-state index in [1.165, 1.54) is 186 Å². The zero-order valence-corrected chi connectivity index (χ0v) is 42.7. The van der Waals surface area contributed by atoms with Crippen molar-refractivity contribution < 1.29 is 28.6 Å². The minimum Gasteiger partial charge on any atom is -0.462 e. The van der Waals surface area contributed by atoms with Crippen molar-refractivity contribution in [2.24, 2.45) is 17.8 Å². The molecule has 0 rings (SSSR count). The van der Waals surface area contributed by atoms with Crippen LogP contribution in [0.15, 0.2) is 0 Å². The van der Waals surface area contributed by atoms with Crippen LogP contribution in [0.3, 0.4) is 0 Å². The smallest absolute Gasteiger partial charge is 0.306 e. The van der Waals surface area contributed by atoms with E-state index in [9.17, 15) is 14.4 Å². The van der Waals surface area contributed by atoms with E-state index in [4.69, 9.17) is 14.2 Å². The second-order valence-corrected chi connectivity index (χ2v) is 20.4. The molecule has 0 aliphatic heterocycles. The van der Waals surface area contributed by atoms with E-state index in [1.807, 2.05) is 0 Å². The fourth-order valence-electron chi connectivity index (χ4n) is 8.44. The Labute approximate surface area is 387 Å². The van der Waals surface area contributed by atoms with Crippen LogP contribution in [0.2, 0.25) is 0 Å². The largest absolute Gasteiger partial charge is 0.462 e. The highest BCUT2D eigenvalue weighted by Gasteiger charge is 2.19. The fraction of sp³-hybridized carbons (Fsp3) is 0.946. The minimum absolute atomic E-state index is 0.0652. The number of carbonyl (C=O) groups is 3. The average Bonchev–Trinajstić information content (AvgIpc) is 3.24. The second-order valence-electron chi connectivity index (χ2n) is 20.4. The Morgan fingerprint density at radius 3 is 0.839 bits per heavy atom. The van der Waals surface area contributed by atoms with E-state index in [0.717, 1.165) is 75.5 Å². The number of esters is 3. The van der Waals surface area contributed by atoms with Crippen molar-refractivity contribution in [2.75, 3.05) is 13.2 Å². The highest BCUT2D eigenvalue weighted by Crippen LogP contribution is 2.18. The van der Waals surface area contributed by atoms with E-state index >= 15 is 0 Å². The first kappa shape index (κ1) is 60.4. The standard InChI is InChI=1S/C56H108O6/c1-7-52(6)44-38-32-25-21-16-14-12-10-8-9-11-13-15-17-23-27-35-41-47-56(59)62-53(49-61-55(58)46-40-34-29-28-31-37-43-51(4)5)48-60-54(57)45-39-33-26-22-19-18-20-24-30-36-42-50(2)3/h50-53H,7-49H2,1-6H3/t52?,53-/m1/s1. The van der Waals surface area contributed by atoms with E-state index in [-0.39, 0.29) is 31.1 Å². The first-order valence-corrected chi connectivity index (χ1v) is 27.6. The van der Waals surface area contributed by atoms with Gasteiger partial charge in [-0.2, -0.15) is 0 Å². The molecule has 0 aliphatic carbocycles. The maximum Gasteiger partial charge on any atom is 0.306 e. The number of carbonyl (C=O) groups excluding carboxylic acids is 3. The zero-order valence-electron chi connectivity index (χ0n) is 42.7. The number of ether oxygens (including phenoxy) is 3. The maximum absolute atomic E-state index is 12.8. The van der Waals surface area contributed by atoms with Gasteiger partial charge in [0.1, 0.15) is 13.2 Å². The van der Waals surface area contributed by atoms with Crippen LogP contribution in [-0.2, 0) is 28.6 Å². The molecule has 1 unspecified atom stereocenters. The topological polar surface area (TPSA) is 78.9 Å². The number of hydrogen-bond acceptors (Lipinski definition) is 6. The molecule has 0 bridgehead atoms. The van der Waals surface area contributed by atoms with E-state index in [2.05, 4.69) is 41.5 Å². The van der Waals surface area contributed by atoms with Crippen molar-refractivity contribution in [3.05, 3.63) is 0 Å². The fourth-order valence-corrected chi connectivity index (χ4v) is 8.44. The summed E-state index contributed by atoms with van der Waals surface area (Å²) in [6.07, 6.45) is 48.2. The van der Waals surface area contributed by atoms with Gasteiger partial charge in [-0.25, -0.2) is 0 Å². The Morgan fingerprint density at radius 2 is 0.565 bits per heavy atom. The third kappa shape index (κ3) is 47.9. The van der Waals surface area contributed by atoms with Crippen LogP contribution in [0.4, 0.5) is 0 Å². The van der Waals surface area contributed by atoms with Gasteiger partial charge in [-0.3, -0.25) is 14.4 Å². The zero-order chi connectivity index (χ0) is 45.6. The Kier molecular flexibility index (Phi) is 46.2. The molecule has 62 heavy (non-hydrogen) atoms. The molecule has 6 nitrogen and oxygen atoms in total. The van der Waals surface area contributed by atoms with Crippen molar-refractivity contribution in [3.8, 4) is 0 Å². The summed E-state index contributed by atoms with van der Waals surface area (Å²) in [6, 6.07) is 0. The molecule has 0 spiro atoms. The van der Waals surface area contributed by atoms with Crippen molar-refractivity contribution in [2.45, 2.75) is 311 Å². The molecule has 0 amide bonds. The van der Waals surface area contributed by atoms with Crippen LogP contribution in [0.1, 0.15) is 305 Å². The van der Waals surface area contributed by atoms with E-state index in [1.54, 1.807) is 0 Å². The predicted molar refractivity (Wildman–Crippen MR) is 266 cm³/mol. The van der Waals surface area contributed by atoms with Crippen LogP contribution in [0.5, 0.6) is 0 Å². The van der Waals surface area contributed by atoms with Crippen LogP contribution in [0, 0.1) is 17.8 Å². The van der Waals surface area contributed by atoms with Gasteiger partial charge in [0, 0.05) is 19.3 Å². The Hall–Kier alpha value is -1.59. The van der Waals surface area contributed by atoms with E-state index < -0.39 is 6.10 Å². The molecule has 2 atom stereocenters. The first-order chi connectivity index (χ1) is 30.1. The van der Waals surface area contributed by atoms with Gasteiger partial charge >= 0.3 is 17.9 Å². The van der Waals surface area contributed by atoms with Gasteiger partial charge in [-0.05, 0) is 37.0 Å². The lowest BCUT2D eigenvalue weighted by Gasteiger charge is -2.18. The summed E-state index contributed by atoms with van der Waals surface area (Å²) in [7, 11) is 0. The molecular weight excluding hydrogens is 769 g/mol. The molecule has 0 fully saturated rings. The van der Waals surface area contributed by atoms with Gasteiger partial charge in [-0.15, -0.1) is 0 Å². The molecule has 0 saturated carbocycles. The minimum atomic E-state index is -0.763. The molecule has 0 aromatic heterocycles. The average molecular weight is 877 g/mol. The Bertz CT molecular complexity index is 962. The lowest BCUT2D eigenvalue weighted by atomic mass is 9.99. The highest BCUT2D eigenvalue weighted by molar-refractivity contribution is 5.71. The third-order valence-corrected chi connectivity index (χ3v) is 13.0. The molecule has 0 aromatic carbocycles. The molecule has 368 valence electrons. The van der Waals surface area contributed by atoms with Crippen LogP contribution < -0.4 is 0 Å². The number of hydrogen-bond donors (Lipinski definition) is 0.